The molecule has 0 rings (SSSR count). The van der Waals surface area contributed by atoms with Crippen LogP contribution < -0.4 is 0 Å². The van der Waals surface area contributed by atoms with Crippen LogP contribution in [0.1, 0.15) is 119 Å². The van der Waals surface area contributed by atoms with E-state index in [-0.39, 0.29) is 0 Å². The van der Waals surface area contributed by atoms with Gasteiger partial charge in [-0.05, 0) is 49.4 Å². The molecule has 0 saturated heterocycles. The molecule has 0 aromatic carbocycles. The average Bonchev–Trinajstić information content (AvgIpc) is 2.87. The summed E-state index contributed by atoms with van der Waals surface area (Å²) in [6, 6.07) is 5.95. The Balaban J connectivity index is 4.19. The Bertz CT molecular complexity index is 370. The Morgan fingerprint density at radius 1 is 0.514 bits per heavy atom. The molecule has 0 aliphatic rings. The zero-order valence-corrected chi connectivity index (χ0v) is 29.3. The molecule has 2 atom stereocenters. The van der Waals surface area contributed by atoms with Crippen molar-refractivity contribution in [3.8, 4) is 0 Å². The number of ether oxygens (including phenoxy) is 2. The summed E-state index contributed by atoms with van der Waals surface area (Å²) in [6.45, 7) is 15.5. The monoisotopic (exact) mass is 582 g/mol. The Hall–Kier alpha value is 1.40. The maximum atomic E-state index is 6.30. The van der Waals surface area contributed by atoms with E-state index in [0.717, 1.165) is 13.2 Å². The van der Waals surface area contributed by atoms with Crippen LogP contribution in [0, 0.1) is 0 Å². The van der Waals surface area contributed by atoms with Crippen LogP contribution in [0.5, 0.6) is 0 Å². The van der Waals surface area contributed by atoms with Gasteiger partial charge in [-0.15, -0.1) is 0 Å². The highest BCUT2D eigenvalue weighted by molar-refractivity contribution is 9.09. The lowest BCUT2D eigenvalue weighted by molar-refractivity contribution is 0.106. The second-order valence-electron chi connectivity index (χ2n) is 10.1. The molecule has 0 saturated carbocycles. The smallest absolute Gasteiger partial charge is 0.0717 e. The predicted octanol–water partition coefficient (Wildman–Crippen LogP) is 10.1. The minimum absolute atomic E-state index is 0.615. The third-order valence-electron chi connectivity index (χ3n) is 7.06. The summed E-state index contributed by atoms with van der Waals surface area (Å²) in [6.07, 6.45) is 16.2. The van der Waals surface area contributed by atoms with Gasteiger partial charge in [0.2, 0.25) is 0 Å². The minimum atomic E-state index is -0.768. The topological polar surface area (TPSA) is 18.5 Å². The summed E-state index contributed by atoms with van der Waals surface area (Å²) in [4.78, 5) is 0. The van der Waals surface area contributed by atoms with Crippen molar-refractivity contribution < 1.29 is 9.47 Å². The van der Waals surface area contributed by atoms with Gasteiger partial charge in [0.05, 0.1) is 17.6 Å². The van der Waals surface area contributed by atoms with Gasteiger partial charge in [0.15, 0.2) is 0 Å². The fourth-order valence-corrected chi connectivity index (χ4v) is 17.1. The van der Waals surface area contributed by atoms with E-state index < -0.39 is 17.6 Å². The lowest BCUT2D eigenvalue weighted by atomic mass is 10.3. The van der Waals surface area contributed by atoms with Crippen LogP contribution in [-0.2, 0) is 9.47 Å². The van der Waals surface area contributed by atoms with Crippen molar-refractivity contribution in [2.24, 2.45) is 0 Å². The van der Waals surface area contributed by atoms with Gasteiger partial charge in [0.1, 0.15) is 0 Å². The summed E-state index contributed by atoms with van der Waals surface area (Å²) in [5, 5.41) is 0. The molecule has 0 spiro atoms. The van der Waals surface area contributed by atoms with Crippen molar-refractivity contribution in [1.82, 2.24) is 0 Å². The largest absolute Gasteiger partial charge is 0.382 e. The van der Waals surface area contributed by atoms with Crippen LogP contribution in [0.3, 0.4) is 0 Å². The number of unbranched alkanes of at least 4 members (excludes halogenated alkanes) is 4. The molecule has 0 heterocycles. The lowest BCUT2D eigenvalue weighted by Gasteiger charge is -2.26. The molecule has 0 fully saturated rings. The number of hydrogen-bond donors (Lipinski definition) is 0. The molecular weight excluding hydrogens is 521 g/mol. The number of rotatable bonds is 28. The Labute approximate surface area is 236 Å². The second-order valence-corrected chi connectivity index (χ2v) is 21.4. The molecule has 0 aromatic rings. The van der Waals surface area contributed by atoms with Gasteiger partial charge in [-0.3, -0.25) is 0 Å². The van der Waals surface area contributed by atoms with E-state index >= 15 is 0 Å². The van der Waals surface area contributed by atoms with Gasteiger partial charge < -0.3 is 9.47 Å². The van der Waals surface area contributed by atoms with Crippen LogP contribution in [0.4, 0.5) is 0 Å². The van der Waals surface area contributed by atoms with Crippen LogP contribution >= 0.6 is 31.4 Å². The Morgan fingerprint density at radius 3 is 1.14 bits per heavy atom. The standard InChI is InChI=1S/C28H62O2S3Si2/c1-7-13-23-34(24-14-8-2)27(29-11-5)19-17-21-31-33-32-22-18-20-28(30-12-6)35(25-15-9-3)26-16-10-4/h27-28,34-35H,7-26H2,1-6H3. The first-order chi connectivity index (χ1) is 17.2. The quantitative estimate of drug-likeness (QED) is 0.0517. The highest BCUT2D eigenvalue weighted by Crippen LogP contribution is 2.36. The molecule has 212 valence electrons. The maximum Gasteiger partial charge on any atom is 0.0717 e. The van der Waals surface area contributed by atoms with Crippen molar-refractivity contribution in [2.45, 2.75) is 154 Å². The lowest BCUT2D eigenvalue weighted by Crippen LogP contribution is -2.33. The molecule has 7 heteroatoms. The third kappa shape index (κ3) is 21.0. The summed E-state index contributed by atoms with van der Waals surface area (Å²) in [7, 11) is 4.64. The molecule has 0 radical (unpaired) electrons. The van der Waals surface area contributed by atoms with Crippen LogP contribution in [0.15, 0.2) is 0 Å². The molecule has 0 bridgehead atoms. The van der Waals surface area contributed by atoms with Crippen molar-refractivity contribution in [3.05, 3.63) is 0 Å². The molecule has 0 N–H and O–H groups in total. The van der Waals surface area contributed by atoms with Crippen molar-refractivity contribution in [2.75, 3.05) is 24.7 Å². The van der Waals surface area contributed by atoms with E-state index in [2.05, 4.69) is 63.1 Å². The summed E-state index contributed by atoms with van der Waals surface area (Å²) < 4.78 is 12.6. The summed E-state index contributed by atoms with van der Waals surface area (Å²) in [5.74, 6) is 2.54. The number of hydrogen-bond acceptors (Lipinski definition) is 5. The molecule has 2 unspecified atom stereocenters. The highest BCUT2D eigenvalue weighted by Gasteiger charge is 2.23. The first-order valence-corrected chi connectivity index (χ1v) is 23.7. The molecule has 2 nitrogen and oxygen atoms in total. The van der Waals surface area contributed by atoms with Gasteiger partial charge in [-0.2, -0.15) is 0 Å². The van der Waals surface area contributed by atoms with Crippen molar-refractivity contribution in [1.29, 1.82) is 0 Å². The average molecular weight is 583 g/mol. The molecule has 0 aromatic heterocycles. The third-order valence-corrected chi connectivity index (χ3v) is 19.2. The second kappa shape index (κ2) is 28.4. The van der Waals surface area contributed by atoms with E-state index in [9.17, 15) is 0 Å². The highest BCUT2D eigenvalue weighted by atomic mass is 33.5. The van der Waals surface area contributed by atoms with E-state index in [1.807, 2.05) is 9.83 Å². The van der Waals surface area contributed by atoms with Gasteiger partial charge in [0, 0.05) is 36.2 Å². The predicted molar refractivity (Wildman–Crippen MR) is 175 cm³/mol. The Kier molecular flexibility index (Phi) is 29.6. The minimum Gasteiger partial charge on any atom is -0.382 e. The van der Waals surface area contributed by atoms with Gasteiger partial charge >= 0.3 is 0 Å². The van der Waals surface area contributed by atoms with E-state index in [1.165, 1.54) is 113 Å². The fourth-order valence-electron chi connectivity index (χ4n) is 5.02. The molecule has 0 aliphatic heterocycles. The zero-order chi connectivity index (χ0) is 26.0. The van der Waals surface area contributed by atoms with Gasteiger partial charge in [0.25, 0.3) is 0 Å². The SMILES string of the molecule is CCCC[SiH](CCCC)C(CCCSSSCCCC(OCC)[SiH](CCCC)CCCC)OCC. The van der Waals surface area contributed by atoms with Crippen LogP contribution in [-0.4, -0.2) is 53.8 Å². The summed E-state index contributed by atoms with van der Waals surface area (Å²) in [5.41, 5.74) is 1.23. The van der Waals surface area contributed by atoms with Crippen molar-refractivity contribution >= 4 is 49.0 Å². The Morgan fingerprint density at radius 2 is 0.857 bits per heavy atom. The first-order valence-electron chi connectivity index (χ1n) is 15.3. The van der Waals surface area contributed by atoms with Gasteiger partial charge in [-0.25, -0.2) is 0 Å². The molecule has 35 heavy (non-hydrogen) atoms. The van der Waals surface area contributed by atoms with E-state index in [0.29, 0.717) is 11.5 Å². The molecule has 0 amide bonds. The fraction of sp³-hybridized carbons (Fsp3) is 1.00. The van der Waals surface area contributed by atoms with E-state index in [1.54, 1.807) is 0 Å². The zero-order valence-electron chi connectivity index (χ0n) is 24.5. The van der Waals surface area contributed by atoms with Crippen molar-refractivity contribution in [3.63, 3.8) is 0 Å². The first kappa shape index (κ1) is 36.4. The maximum absolute atomic E-state index is 6.30. The van der Waals surface area contributed by atoms with Crippen LogP contribution in [0.25, 0.3) is 0 Å². The summed E-state index contributed by atoms with van der Waals surface area (Å²) >= 11 is 0. The van der Waals surface area contributed by atoms with E-state index in [4.69, 9.17) is 9.47 Å². The van der Waals surface area contributed by atoms with Gasteiger partial charge in [-0.1, -0.05) is 125 Å². The normalized spacial score (nSPS) is 13.7. The molecule has 0 aliphatic carbocycles. The van der Waals surface area contributed by atoms with Crippen LogP contribution in [0.2, 0.25) is 24.2 Å². The molecular formula is C28H62O2S3Si2.